The van der Waals surface area contributed by atoms with Crippen LogP contribution in [0.3, 0.4) is 0 Å². The Morgan fingerprint density at radius 3 is 2.92 bits per heavy atom. The molecule has 0 saturated carbocycles. The third-order valence-corrected chi connectivity index (χ3v) is 2.20. The van der Waals surface area contributed by atoms with Crippen molar-refractivity contribution in [2.75, 3.05) is 20.2 Å². The van der Waals surface area contributed by atoms with Crippen LogP contribution in [-0.2, 0) is 4.74 Å². The first-order chi connectivity index (χ1) is 6.31. The molecular weight excluding hydrogens is 170 g/mol. The SMILES string of the molecule is COC(=O)c1ccc(C2CNC2)o1. The molecule has 0 aliphatic carbocycles. The normalized spacial score (nSPS) is 16.7. The first-order valence-electron chi connectivity index (χ1n) is 4.20. The van der Waals surface area contributed by atoms with E-state index in [2.05, 4.69) is 10.1 Å². The minimum atomic E-state index is -0.418. The molecule has 0 amide bonds. The average Bonchev–Trinajstić information content (AvgIpc) is 2.49. The van der Waals surface area contributed by atoms with E-state index in [0.717, 1.165) is 18.8 Å². The lowest BCUT2D eigenvalue weighted by Crippen LogP contribution is -2.39. The largest absolute Gasteiger partial charge is 0.463 e. The van der Waals surface area contributed by atoms with E-state index in [1.807, 2.05) is 6.07 Å². The first-order valence-corrected chi connectivity index (χ1v) is 4.20. The van der Waals surface area contributed by atoms with Gasteiger partial charge in [0.1, 0.15) is 5.76 Å². The van der Waals surface area contributed by atoms with Crippen molar-refractivity contribution >= 4 is 5.97 Å². The van der Waals surface area contributed by atoms with E-state index in [4.69, 9.17) is 4.42 Å². The average molecular weight is 181 g/mol. The van der Waals surface area contributed by atoms with Gasteiger partial charge in [0.05, 0.1) is 7.11 Å². The lowest BCUT2D eigenvalue weighted by Gasteiger charge is -2.24. The van der Waals surface area contributed by atoms with E-state index < -0.39 is 5.97 Å². The molecule has 0 unspecified atom stereocenters. The summed E-state index contributed by atoms with van der Waals surface area (Å²) in [6, 6.07) is 3.48. The molecule has 1 saturated heterocycles. The Labute approximate surface area is 75.9 Å². The van der Waals surface area contributed by atoms with E-state index in [1.165, 1.54) is 7.11 Å². The molecule has 0 bridgehead atoms. The van der Waals surface area contributed by atoms with Crippen LogP contribution in [0.4, 0.5) is 0 Å². The van der Waals surface area contributed by atoms with Gasteiger partial charge in [0.2, 0.25) is 5.76 Å². The predicted molar refractivity (Wildman–Crippen MR) is 45.7 cm³/mol. The molecule has 1 aromatic heterocycles. The lowest BCUT2D eigenvalue weighted by atomic mass is 10.0. The minimum Gasteiger partial charge on any atom is -0.463 e. The van der Waals surface area contributed by atoms with Crippen LogP contribution in [0.5, 0.6) is 0 Å². The minimum absolute atomic E-state index is 0.282. The van der Waals surface area contributed by atoms with Crippen molar-refractivity contribution in [1.82, 2.24) is 5.32 Å². The highest BCUT2D eigenvalue weighted by molar-refractivity contribution is 5.86. The van der Waals surface area contributed by atoms with Gasteiger partial charge in [0, 0.05) is 19.0 Å². The molecule has 0 aromatic carbocycles. The second-order valence-electron chi connectivity index (χ2n) is 3.05. The number of carbonyl (C=O) groups is 1. The second kappa shape index (κ2) is 3.22. The number of nitrogens with one attached hydrogen (secondary N) is 1. The standard InChI is InChI=1S/C9H11NO3/c1-12-9(11)8-3-2-7(13-8)6-4-10-5-6/h2-3,6,10H,4-5H2,1H3. The second-order valence-corrected chi connectivity index (χ2v) is 3.05. The Morgan fingerprint density at radius 1 is 1.62 bits per heavy atom. The summed E-state index contributed by atoms with van der Waals surface area (Å²) in [6.45, 7) is 1.85. The van der Waals surface area contributed by atoms with Crippen molar-refractivity contribution in [3.8, 4) is 0 Å². The van der Waals surface area contributed by atoms with Gasteiger partial charge in [-0.1, -0.05) is 0 Å². The maximum absolute atomic E-state index is 11.0. The van der Waals surface area contributed by atoms with E-state index in [-0.39, 0.29) is 5.76 Å². The Kier molecular flexibility index (Phi) is 2.06. The number of carbonyl (C=O) groups excluding carboxylic acids is 1. The highest BCUT2D eigenvalue weighted by Crippen LogP contribution is 2.22. The third kappa shape index (κ3) is 1.45. The van der Waals surface area contributed by atoms with Gasteiger partial charge in [-0.05, 0) is 12.1 Å². The van der Waals surface area contributed by atoms with Crippen LogP contribution in [0, 0.1) is 0 Å². The fraction of sp³-hybridized carbons (Fsp3) is 0.444. The van der Waals surface area contributed by atoms with Crippen LogP contribution in [0.1, 0.15) is 22.2 Å². The molecule has 1 aliphatic rings. The van der Waals surface area contributed by atoms with Crippen LogP contribution < -0.4 is 5.32 Å². The summed E-state index contributed by atoms with van der Waals surface area (Å²) in [7, 11) is 1.34. The van der Waals surface area contributed by atoms with Gasteiger partial charge in [0.25, 0.3) is 0 Å². The smallest absolute Gasteiger partial charge is 0.373 e. The summed E-state index contributed by atoms with van der Waals surface area (Å²) < 4.78 is 9.86. The Bertz CT molecular complexity index is 314. The maximum atomic E-state index is 11.0. The van der Waals surface area contributed by atoms with Crippen molar-refractivity contribution in [1.29, 1.82) is 0 Å². The number of furan rings is 1. The summed E-state index contributed by atoms with van der Waals surface area (Å²) in [5.74, 6) is 1.14. The van der Waals surface area contributed by atoms with Gasteiger partial charge >= 0.3 is 5.97 Å². The van der Waals surface area contributed by atoms with E-state index >= 15 is 0 Å². The van der Waals surface area contributed by atoms with Gasteiger partial charge in [-0.3, -0.25) is 0 Å². The number of esters is 1. The summed E-state index contributed by atoms with van der Waals surface area (Å²) in [5.41, 5.74) is 0. The number of hydrogen-bond acceptors (Lipinski definition) is 4. The fourth-order valence-electron chi connectivity index (χ4n) is 1.27. The Morgan fingerprint density at radius 2 is 2.38 bits per heavy atom. The number of hydrogen-bond donors (Lipinski definition) is 1. The molecule has 0 radical (unpaired) electrons. The molecule has 4 nitrogen and oxygen atoms in total. The molecule has 2 heterocycles. The van der Waals surface area contributed by atoms with E-state index in [1.54, 1.807) is 6.07 Å². The highest BCUT2D eigenvalue weighted by Gasteiger charge is 2.23. The van der Waals surface area contributed by atoms with Crippen LogP contribution in [-0.4, -0.2) is 26.2 Å². The van der Waals surface area contributed by atoms with Crippen LogP contribution in [0.25, 0.3) is 0 Å². The Balaban J connectivity index is 2.12. The molecular formula is C9H11NO3. The molecule has 2 rings (SSSR count). The molecule has 0 atom stereocenters. The number of methoxy groups -OCH3 is 1. The van der Waals surface area contributed by atoms with E-state index in [0.29, 0.717) is 5.92 Å². The summed E-state index contributed by atoms with van der Waals surface area (Å²) in [5, 5.41) is 3.14. The molecule has 1 aromatic rings. The fourth-order valence-corrected chi connectivity index (χ4v) is 1.27. The van der Waals surface area contributed by atoms with Gasteiger partial charge < -0.3 is 14.5 Å². The molecule has 1 aliphatic heterocycles. The Hall–Kier alpha value is -1.29. The first kappa shape index (κ1) is 8.31. The predicted octanol–water partition coefficient (Wildman–Crippen LogP) is 0.753. The monoisotopic (exact) mass is 181 g/mol. The highest BCUT2D eigenvalue weighted by atomic mass is 16.5. The zero-order chi connectivity index (χ0) is 9.26. The van der Waals surface area contributed by atoms with E-state index in [9.17, 15) is 4.79 Å². The molecule has 0 spiro atoms. The van der Waals surface area contributed by atoms with Crippen molar-refractivity contribution in [3.05, 3.63) is 23.7 Å². The molecule has 1 fully saturated rings. The quantitative estimate of drug-likeness (QED) is 0.684. The number of rotatable bonds is 2. The summed E-state index contributed by atoms with van der Waals surface area (Å²) in [6.07, 6.45) is 0. The third-order valence-electron chi connectivity index (χ3n) is 2.20. The van der Waals surface area contributed by atoms with Gasteiger partial charge in [-0.2, -0.15) is 0 Å². The van der Waals surface area contributed by atoms with Crippen molar-refractivity contribution in [3.63, 3.8) is 0 Å². The zero-order valence-corrected chi connectivity index (χ0v) is 7.37. The van der Waals surface area contributed by atoms with Gasteiger partial charge in [-0.15, -0.1) is 0 Å². The van der Waals surface area contributed by atoms with Gasteiger partial charge in [0.15, 0.2) is 0 Å². The topological polar surface area (TPSA) is 51.5 Å². The summed E-state index contributed by atoms with van der Waals surface area (Å²) >= 11 is 0. The van der Waals surface area contributed by atoms with Crippen LogP contribution in [0.15, 0.2) is 16.5 Å². The lowest BCUT2D eigenvalue weighted by molar-refractivity contribution is 0.0561. The van der Waals surface area contributed by atoms with Crippen LogP contribution in [0.2, 0.25) is 0 Å². The van der Waals surface area contributed by atoms with Crippen molar-refractivity contribution in [2.45, 2.75) is 5.92 Å². The van der Waals surface area contributed by atoms with Crippen molar-refractivity contribution < 1.29 is 13.9 Å². The molecule has 1 N–H and O–H groups in total. The molecule has 13 heavy (non-hydrogen) atoms. The maximum Gasteiger partial charge on any atom is 0.373 e. The number of ether oxygens (including phenoxy) is 1. The molecule has 4 heteroatoms. The molecule has 70 valence electrons. The zero-order valence-electron chi connectivity index (χ0n) is 7.37. The summed E-state index contributed by atoms with van der Waals surface area (Å²) in [4.78, 5) is 11.0. The van der Waals surface area contributed by atoms with Crippen LogP contribution >= 0.6 is 0 Å². The van der Waals surface area contributed by atoms with Gasteiger partial charge in [-0.25, -0.2) is 4.79 Å². The van der Waals surface area contributed by atoms with Crippen molar-refractivity contribution in [2.24, 2.45) is 0 Å².